The average molecular weight is 504 g/mol. The minimum Gasteiger partial charge on any atom is -0.488 e. The minimum atomic E-state index is 0. The van der Waals surface area contributed by atoms with Gasteiger partial charge in [0.2, 0.25) is 0 Å². The van der Waals surface area contributed by atoms with E-state index in [1.54, 1.807) is 13.2 Å². The summed E-state index contributed by atoms with van der Waals surface area (Å²) in [6, 6.07) is 12.2. The second kappa shape index (κ2) is 9.73. The Morgan fingerprint density at radius 2 is 2.07 bits per heavy atom. The third-order valence-corrected chi connectivity index (χ3v) is 4.78. The molecule has 4 rings (SSSR count). The molecule has 2 aromatic heterocycles. The molecule has 0 saturated carbocycles. The molecule has 1 aliphatic rings. The lowest BCUT2D eigenvalue weighted by Crippen LogP contribution is -2.41. The fourth-order valence-electron chi connectivity index (χ4n) is 3.27. The number of benzene rings is 1. The summed E-state index contributed by atoms with van der Waals surface area (Å²) in [6.07, 6.45) is 6.58. The van der Waals surface area contributed by atoms with Crippen LogP contribution in [-0.4, -0.2) is 40.2 Å². The maximum absolute atomic E-state index is 5.96. The molecule has 0 amide bonds. The largest absolute Gasteiger partial charge is 0.488 e. The van der Waals surface area contributed by atoms with E-state index in [0.717, 1.165) is 35.3 Å². The summed E-state index contributed by atoms with van der Waals surface area (Å²) in [7, 11) is 1.77. The third kappa shape index (κ3) is 5.06. The molecule has 0 saturated heterocycles. The van der Waals surface area contributed by atoms with Crippen LogP contribution in [0.2, 0.25) is 0 Å². The number of halogens is 1. The molecule has 0 aliphatic carbocycles. The quantitative estimate of drug-likeness (QED) is 0.318. The highest BCUT2D eigenvalue weighted by atomic mass is 127. The summed E-state index contributed by atoms with van der Waals surface area (Å²) in [4.78, 5) is 13.0. The molecule has 0 spiro atoms. The molecule has 0 fully saturated rings. The van der Waals surface area contributed by atoms with Crippen LogP contribution in [-0.2, 0) is 13.0 Å². The number of aromatic nitrogens is 3. The maximum Gasteiger partial charge on any atom is 0.191 e. The molecule has 152 valence electrons. The number of hydrogen-bond acceptors (Lipinski definition) is 4. The lowest BCUT2D eigenvalue weighted by molar-refractivity contribution is 0.235. The standard InChI is InChI=1S/C21H24N6O.HI/c1-15-23-9-10-27(15)20-8-7-16(12-24-20)13-25-21(22-2)26-14-18-11-17-5-3-4-6-19(17)28-18;/h3-10,12,18H,11,13-14H2,1-2H3,(H2,22,25,26);1H. The molecule has 3 aromatic rings. The Morgan fingerprint density at radius 3 is 2.76 bits per heavy atom. The van der Waals surface area contributed by atoms with Crippen molar-refractivity contribution < 1.29 is 4.74 Å². The monoisotopic (exact) mass is 504 g/mol. The highest BCUT2D eigenvalue weighted by molar-refractivity contribution is 14.0. The van der Waals surface area contributed by atoms with Crippen LogP contribution in [0.4, 0.5) is 0 Å². The van der Waals surface area contributed by atoms with E-state index in [2.05, 4.69) is 37.7 Å². The number of imidazole rings is 1. The molecule has 29 heavy (non-hydrogen) atoms. The number of nitrogens with one attached hydrogen (secondary N) is 2. The molecule has 1 aliphatic heterocycles. The number of rotatable bonds is 5. The Bertz CT molecular complexity index is 944. The first-order valence-corrected chi connectivity index (χ1v) is 9.37. The lowest BCUT2D eigenvalue weighted by Gasteiger charge is -2.15. The van der Waals surface area contributed by atoms with Crippen molar-refractivity contribution in [2.24, 2.45) is 4.99 Å². The number of hydrogen-bond donors (Lipinski definition) is 2. The van der Waals surface area contributed by atoms with Crippen molar-refractivity contribution in [1.29, 1.82) is 0 Å². The Kier molecular flexibility index (Phi) is 7.08. The number of guanidine groups is 1. The van der Waals surface area contributed by atoms with Gasteiger partial charge in [0.15, 0.2) is 5.96 Å². The van der Waals surface area contributed by atoms with E-state index in [9.17, 15) is 0 Å². The molecule has 3 heterocycles. The third-order valence-electron chi connectivity index (χ3n) is 4.78. The Balaban J connectivity index is 0.00000240. The van der Waals surface area contributed by atoms with Crippen molar-refractivity contribution >= 4 is 29.9 Å². The van der Waals surface area contributed by atoms with Crippen molar-refractivity contribution in [3.8, 4) is 11.6 Å². The SMILES string of the molecule is CN=C(NCc1ccc(-n2ccnc2C)nc1)NCC1Cc2ccccc2O1.I. The first-order valence-electron chi connectivity index (χ1n) is 9.37. The number of aliphatic imine (C=N–C) groups is 1. The number of ether oxygens (including phenoxy) is 1. The van der Waals surface area contributed by atoms with Crippen LogP contribution in [0.15, 0.2) is 60.0 Å². The molecule has 8 heteroatoms. The van der Waals surface area contributed by atoms with E-state index in [1.807, 2.05) is 48.1 Å². The second-order valence-corrected chi connectivity index (χ2v) is 6.73. The van der Waals surface area contributed by atoms with E-state index < -0.39 is 0 Å². The van der Waals surface area contributed by atoms with E-state index in [4.69, 9.17) is 4.74 Å². The smallest absolute Gasteiger partial charge is 0.191 e. The Morgan fingerprint density at radius 1 is 1.21 bits per heavy atom. The molecule has 7 nitrogen and oxygen atoms in total. The summed E-state index contributed by atoms with van der Waals surface area (Å²) in [5.74, 6) is 3.50. The fourth-order valence-corrected chi connectivity index (χ4v) is 3.27. The topological polar surface area (TPSA) is 76.4 Å². The average Bonchev–Trinajstić information content (AvgIpc) is 3.34. The van der Waals surface area contributed by atoms with Gasteiger partial charge in [-0.1, -0.05) is 24.3 Å². The number of pyridine rings is 1. The van der Waals surface area contributed by atoms with Gasteiger partial charge in [-0.25, -0.2) is 9.97 Å². The van der Waals surface area contributed by atoms with E-state index in [-0.39, 0.29) is 30.1 Å². The summed E-state index contributed by atoms with van der Waals surface area (Å²) >= 11 is 0. The van der Waals surface area contributed by atoms with Gasteiger partial charge < -0.3 is 15.4 Å². The van der Waals surface area contributed by atoms with E-state index in [1.165, 1.54) is 5.56 Å². The van der Waals surface area contributed by atoms with Crippen molar-refractivity contribution in [3.63, 3.8) is 0 Å². The van der Waals surface area contributed by atoms with Gasteiger partial charge in [-0.15, -0.1) is 24.0 Å². The molecule has 1 unspecified atom stereocenters. The van der Waals surface area contributed by atoms with Gasteiger partial charge in [0, 0.05) is 38.6 Å². The summed E-state index contributed by atoms with van der Waals surface area (Å²) in [5.41, 5.74) is 2.34. The highest BCUT2D eigenvalue weighted by Crippen LogP contribution is 2.27. The molecule has 1 atom stereocenters. The van der Waals surface area contributed by atoms with Gasteiger partial charge in [-0.05, 0) is 30.2 Å². The maximum atomic E-state index is 5.96. The lowest BCUT2D eigenvalue weighted by atomic mass is 10.1. The van der Waals surface area contributed by atoms with Gasteiger partial charge in [0.25, 0.3) is 0 Å². The number of para-hydroxylation sites is 1. The summed E-state index contributed by atoms with van der Waals surface area (Å²) in [5, 5.41) is 6.66. The zero-order valence-corrected chi connectivity index (χ0v) is 18.8. The summed E-state index contributed by atoms with van der Waals surface area (Å²) < 4.78 is 7.92. The van der Waals surface area contributed by atoms with Crippen LogP contribution in [0.1, 0.15) is 17.0 Å². The molecule has 0 bridgehead atoms. The fraction of sp³-hybridized carbons (Fsp3) is 0.286. The highest BCUT2D eigenvalue weighted by Gasteiger charge is 2.22. The second-order valence-electron chi connectivity index (χ2n) is 6.73. The van der Waals surface area contributed by atoms with Gasteiger partial charge in [0.1, 0.15) is 23.5 Å². The normalized spacial score (nSPS) is 15.2. The minimum absolute atomic E-state index is 0. The van der Waals surface area contributed by atoms with Crippen LogP contribution in [0, 0.1) is 6.92 Å². The van der Waals surface area contributed by atoms with E-state index >= 15 is 0 Å². The Labute approximate surface area is 187 Å². The van der Waals surface area contributed by atoms with Crippen LogP contribution >= 0.6 is 24.0 Å². The van der Waals surface area contributed by atoms with Crippen LogP contribution in [0.25, 0.3) is 5.82 Å². The zero-order chi connectivity index (χ0) is 19.3. The van der Waals surface area contributed by atoms with Gasteiger partial charge in [-0.3, -0.25) is 9.56 Å². The zero-order valence-electron chi connectivity index (χ0n) is 16.5. The van der Waals surface area contributed by atoms with Crippen molar-refractivity contribution in [3.05, 3.63) is 71.9 Å². The van der Waals surface area contributed by atoms with Crippen LogP contribution in [0.3, 0.4) is 0 Å². The van der Waals surface area contributed by atoms with Crippen molar-refractivity contribution in [2.75, 3.05) is 13.6 Å². The van der Waals surface area contributed by atoms with Crippen molar-refractivity contribution in [1.82, 2.24) is 25.2 Å². The van der Waals surface area contributed by atoms with Gasteiger partial charge >= 0.3 is 0 Å². The predicted octanol–water partition coefficient (Wildman–Crippen LogP) is 2.86. The first-order chi connectivity index (χ1) is 13.7. The van der Waals surface area contributed by atoms with Gasteiger partial charge in [0.05, 0.1) is 6.54 Å². The first kappa shape index (κ1) is 21.1. The number of aryl methyl sites for hydroxylation is 1. The molecule has 2 N–H and O–H groups in total. The van der Waals surface area contributed by atoms with Crippen molar-refractivity contribution in [2.45, 2.75) is 26.0 Å². The van der Waals surface area contributed by atoms with E-state index in [0.29, 0.717) is 13.1 Å². The Hall–Kier alpha value is -2.62. The van der Waals surface area contributed by atoms with Gasteiger partial charge in [-0.2, -0.15) is 0 Å². The molecule has 0 radical (unpaired) electrons. The van der Waals surface area contributed by atoms with Crippen LogP contribution < -0.4 is 15.4 Å². The molecular weight excluding hydrogens is 479 g/mol. The molecular formula is C21H25IN6O. The predicted molar refractivity (Wildman–Crippen MR) is 124 cm³/mol. The number of nitrogens with zero attached hydrogens (tertiary/aromatic N) is 4. The summed E-state index contributed by atoms with van der Waals surface area (Å²) in [6.45, 7) is 3.30. The van der Waals surface area contributed by atoms with Crippen LogP contribution in [0.5, 0.6) is 5.75 Å². The number of fused-ring (bicyclic) bond motifs is 1. The molecule has 1 aromatic carbocycles.